The van der Waals surface area contributed by atoms with Gasteiger partial charge in [-0.05, 0) is 75.2 Å². The van der Waals surface area contributed by atoms with Crippen LogP contribution in [-0.4, -0.2) is 15.8 Å². The van der Waals surface area contributed by atoms with Crippen molar-refractivity contribution in [3.8, 4) is 44.5 Å². The number of aromatic nitrogens is 4. The molecule has 3 aliphatic rings. The molecule has 0 saturated heterocycles. The smallest absolute Gasteiger partial charge is 0.657 e. The van der Waals surface area contributed by atoms with Crippen molar-refractivity contribution in [3.05, 3.63) is 180 Å². The molecule has 10 rings (SSSR count). The van der Waals surface area contributed by atoms with E-state index in [0.29, 0.717) is 16.8 Å². The Morgan fingerprint density at radius 1 is 0.444 bits per heavy atom. The maximum atomic E-state index is 14.2. The zero-order chi connectivity index (χ0) is 35.5. The normalized spacial score (nSPS) is 13.1. The molecule has 259 valence electrons. The van der Waals surface area contributed by atoms with E-state index in [9.17, 15) is 4.79 Å². The molecule has 0 fully saturated rings. The summed E-state index contributed by atoms with van der Waals surface area (Å²) >= 11 is 0. The van der Waals surface area contributed by atoms with E-state index in [1.54, 1.807) is 0 Å². The van der Waals surface area contributed by atoms with Gasteiger partial charge in [-0.1, -0.05) is 146 Å². The average Bonchev–Trinajstić information content (AvgIpc) is 4.06. The van der Waals surface area contributed by atoms with Crippen LogP contribution in [0.25, 0.3) is 89.9 Å². The predicted molar refractivity (Wildman–Crippen MR) is 215 cm³/mol. The first-order valence-corrected chi connectivity index (χ1v) is 17.7. The summed E-state index contributed by atoms with van der Waals surface area (Å²) in [4.78, 5) is 35.7. The van der Waals surface area contributed by atoms with E-state index in [0.717, 1.165) is 89.2 Å². The minimum atomic E-state index is -0.0279. The maximum absolute atomic E-state index is 14.2. The minimum absolute atomic E-state index is 0. The quantitative estimate of drug-likeness (QED) is 0.168. The van der Waals surface area contributed by atoms with Crippen LogP contribution in [0.15, 0.2) is 157 Å². The van der Waals surface area contributed by atoms with E-state index >= 15 is 0 Å². The molecule has 0 amide bonds. The van der Waals surface area contributed by atoms with Crippen LogP contribution in [0, 0.1) is 0 Å². The van der Waals surface area contributed by atoms with Crippen LogP contribution < -0.4 is 9.97 Å². The second-order valence-electron chi connectivity index (χ2n) is 13.4. The van der Waals surface area contributed by atoms with Crippen molar-refractivity contribution in [2.45, 2.75) is 6.92 Å². The van der Waals surface area contributed by atoms with Gasteiger partial charge in [0.1, 0.15) is 0 Å². The monoisotopic (exact) mass is 741 g/mol. The molecule has 1 aliphatic carbocycles. The summed E-state index contributed by atoms with van der Waals surface area (Å²) in [6.07, 6.45) is 6.14. The molecule has 0 unspecified atom stereocenters. The molecule has 0 saturated carbocycles. The van der Waals surface area contributed by atoms with Crippen LogP contribution in [0.1, 0.15) is 29.7 Å². The number of carbonyl (C=O) groups excluding carboxylic acids is 1. The second kappa shape index (κ2) is 13.4. The standard InChI is InChI=1S/C48H31N4O.Cu/c1-29-28-34-45(48(29)53)47-44(33-20-12-5-13-21-33)40-27-25-38(51-40)42(31-16-8-3-9-17-31)36-23-22-35(49-36)41(30-14-6-2-7-15-30)37-24-26-39(50-37)43(46(34)52-47)32-18-10-4-11-19-32;/h2-28H,1H3,(H-,49,50,51,52,53);/q-1;+2/p-1. The molecule has 4 aromatic carbocycles. The van der Waals surface area contributed by atoms with Gasteiger partial charge in [0.2, 0.25) is 0 Å². The van der Waals surface area contributed by atoms with E-state index in [1.165, 1.54) is 0 Å². The SMILES string of the molecule is CC1=CC2=C(C1=O)c1nc2c(-c2ccccc2)c2ccc([n-]2)c(-c2ccccc2)c2nc(c(-c3ccccc3)c3ccc([n-]3)c1-c1ccccc1)C=C2.[Cu+2]. The fraction of sp³-hybridized carbons (Fsp3) is 0.0208. The van der Waals surface area contributed by atoms with E-state index in [2.05, 4.69) is 78.9 Å². The number of ketones is 1. The Bertz CT molecular complexity index is 2880. The van der Waals surface area contributed by atoms with E-state index < -0.39 is 0 Å². The number of hydrogen-bond donors (Lipinski definition) is 0. The topological polar surface area (TPSA) is 71.1 Å². The molecule has 3 aromatic heterocycles. The molecule has 2 aliphatic heterocycles. The van der Waals surface area contributed by atoms with Gasteiger partial charge in [-0.2, -0.15) is 0 Å². The summed E-state index contributed by atoms with van der Waals surface area (Å²) in [5.41, 5.74) is 15.5. The average molecular weight is 742 g/mol. The molecule has 8 bridgehead atoms. The fourth-order valence-electron chi connectivity index (χ4n) is 7.70. The molecule has 6 heteroatoms. The zero-order valence-corrected chi connectivity index (χ0v) is 30.0. The van der Waals surface area contributed by atoms with Crippen LogP contribution in [0.2, 0.25) is 0 Å². The number of fused-ring (bicyclic) bond motifs is 10. The Labute approximate surface area is 323 Å². The minimum Gasteiger partial charge on any atom is -0.657 e. The van der Waals surface area contributed by atoms with Gasteiger partial charge in [0, 0.05) is 5.57 Å². The molecule has 5 nitrogen and oxygen atoms in total. The zero-order valence-electron chi connectivity index (χ0n) is 29.1. The number of allylic oxidation sites excluding steroid dienone is 4. The maximum Gasteiger partial charge on any atom is 2.00 e. The van der Waals surface area contributed by atoms with Crippen molar-refractivity contribution in [1.82, 2.24) is 19.9 Å². The molecule has 1 radical (unpaired) electrons. The van der Waals surface area contributed by atoms with Gasteiger partial charge in [0.15, 0.2) is 5.78 Å². The molecular formula is C48H30CuN4O. The molecule has 5 heterocycles. The van der Waals surface area contributed by atoms with Crippen LogP contribution in [0.4, 0.5) is 0 Å². The number of carbonyl (C=O) groups is 1. The van der Waals surface area contributed by atoms with E-state index in [-0.39, 0.29) is 22.9 Å². The van der Waals surface area contributed by atoms with Crippen LogP contribution in [-0.2, 0) is 21.9 Å². The van der Waals surface area contributed by atoms with E-state index in [1.807, 2.05) is 91.9 Å². The van der Waals surface area contributed by atoms with Gasteiger partial charge >= 0.3 is 17.1 Å². The van der Waals surface area contributed by atoms with Crippen molar-refractivity contribution in [2.24, 2.45) is 0 Å². The first-order chi connectivity index (χ1) is 26.1. The van der Waals surface area contributed by atoms with Crippen LogP contribution >= 0.6 is 0 Å². The summed E-state index contributed by atoms with van der Waals surface area (Å²) in [5, 5.41) is 0. The van der Waals surface area contributed by atoms with Crippen molar-refractivity contribution >= 4 is 51.1 Å². The third-order valence-corrected chi connectivity index (χ3v) is 10.1. The molecule has 7 aromatic rings. The first-order valence-electron chi connectivity index (χ1n) is 17.7. The number of nitrogens with zero attached hydrogens (tertiary/aromatic N) is 4. The molecule has 0 N–H and O–H groups in total. The van der Waals surface area contributed by atoms with Crippen LogP contribution in [0.3, 0.4) is 0 Å². The number of hydrogen-bond acceptors (Lipinski definition) is 3. The molecule has 54 heavy (non-hydrogen) atoms. The summed E-state index contributed by atoms with van der Waals surface area (Å²) in [6.45, 7) is 1.88. The number of rotatable bonds is 4. The summed E-state index contributed by atoms with van der Waals surface area (Å²) in [7, 11) is 0. The van der Waals surface area contributed by atoms with Crippen molar-refractivity contribution in [3.63, 3.8) is 0 Å². The molecule has 0 atom stereocenters. The first kappa shape index (κ1) is 33.3. The van der Waals surface area contributed by atoms with Gasteiger partial charge in [-0.3, -0.25) is 4.79 Å². The van der Waals surface area contributed by atoms with Crippen molar-refractivity contribution in [2.75, 3.05) is 0 Å². The molecule has 0 spiro atoms. The van der Waals surface area contributed by atoms with Crippen molar-refractivity contribution in [1.29, 1.82) is 0 Å². The Hall–Kier alpha value is -6.59. The Morgan fingerprint density at radius 3 is 1.24 bits per heavy atom. The largest absolute Gasteiger partial charge is 2.00 e. The van der Waals surface area contributed by atoms with E-state index in [4.69, 9.17) is 19.9 Å². The summed E-state index contributed by atoms with van der Waals surface area (Å²) < 4.78 is 0. The third kappa shape index (κ3) is 5.43. The van der Waals surface area contributed by atoms with Gasteiger partial charge in [0.25, 0.3) is 0 Å². The van der Waals surface area contributed by atoms with Crippen LogP contribution in [0.5, 0.6) is 0 Å². The van der Waals surface area contributed by atoms with Gasteiger partial charge in [-0.15, -0.1) is 22.1 Å². The second-order valence-corrected chi connectivity index (χ2v) is 13.4. The van der Waals surface area contributed by atoms with Gasteiger partial charge < -0.3 is 9.97 Å². The van der Waals surface area contributed by atoms with Crippen molar-refractivity contribution < 1.29 is 21.9 Å². The Morgan fingerprint density at radius 2 is 0.815 bits per heavy atom. The van der Waals surface area contributed by atoms with Gasteiger partial charge in [-0.25, -0.2) is 9.97 Å². The summed E-state index contributed by atoms with van der Waals surface area (Å²) in [6, 6.07) is 49.1. The molecular weight excluding hydrogens is 712 g/mol. The summed E-state index contributed by atoms with van der Waals surface area (Å²) in [5.74, 6) is -0.0279. The van der Waals surface area contributed by atoms with Gasteiger partial charge in [0.05, 0.1) is 28.3 Å². The number of benzene rings is 4. The predicted octanol–water partition coefficient (Wildman–Crippen LogP) is 10.8. The number of Topliss-reactive ketones (excluding diaryl/α,β-unsaturated/α-hetero) is 1. The third-order valence-electron chi connectivity index (χ3n) is 10.1. The Balaban J connectivity index is 0.00000384. The Kier molecular flexibility index (Phi) is 8.27. The fourth-order valence-corrected chi connectivity index (χ4v) is 7.70.